The Bertz CT molecular complexity index is 1120. The van der Waals surface area contributed by atoms with Crippen molar-refractivity contribution in [1.29, 1.82) is 0 Å². The molecule has 0 amide bonds. The number of H-pyrrole nitrogens is 1. The van der Waals surface area contributed by atoms with E-state index in [9.17, 15) is 0 Å². The van der Waals surface area contributed by atoms with Crippen molar-refractivity contribution in [3.63, 3.8) is 0 Å². The van der Waals surface area contributed by atoms with Crippen molar-refractivity contribution in [3.05, 3.63) is 94.6 Å². The number of aromatic amines is 1. The molecular formula is C25H25ClN2O2. The minimum atomic E-state index is 0.401. The molecule has 0 bridgehead atoms. The van der Waals surface area contributed by atoms with Crippen LogP contribution < -0.4 is 14.8 Å². The summed E-state index contributed by atoms with van der Waals surface area (Å²) in [6.45, 7) is 2.07. The maximum Gasteiger partial charge on any atom is 0.161 e. The van der Waals surface area contributed by atoms with Gasteiger partial charge in [0.05, 0.1) is 7.11 Å². The number of methoxy groups -OCH3 is 1. The standard InChI is InChI=1S/C25H25ClN2O2/c1-29-25-14-18(10-11-24(25)30-17-20-6-2-4-8-22(20)26)15-27-13-12-19-16-28-23-9-5-3-7-21(19)23/h2-11,14,16,27-28H,12-13,15,17H2,1H3. The molecule has 3 aromatic carbocycles. The fourth-order valence-electron chi connectivity index (χ4n) is 3.51. The molecule has 1 aromatic heterocycles. The fraction of sp³-hybridized carbons (Fsp3) is 0.200. The molecule has 1 heterocycles. The molecule has 0 fully saturated rings. The largest absolute Gasteiger partial charge is 0.493 e. The van der Waals surface area contributed by atoms with Crippen LogP contribution in [0.3, 0.4) is 0 Å². The molecule has 5 heteroatoms. The van der Waals surface area contributed by atoms with Gasteiger partial charge in [-0.1, -0.05) is 54.1 Å². The van der Waals surface area contributed by atoms with Gasteiger partial charge >= 0.3 is 0 Å². The van der Waals surface area contributed by atoms with Gasteiger partial charge in [0.1, 0.15) is 6.61 Å². The summed E-state index contributed by atoms with van der Waals surface area (Å²) in [6, 6.07) is 22.1. The second kappa shape index (κ2) is 9.70. The maximum atomic E-state index is 6.21. The lowest BCUT2D eigenvalue weighted by molar-refractivity contribution is 0.284. The third-order valence-electron chi connectivity index (χ3n) is 5.14. The first kappa shape index (κ1) is 20.3. The summed E-state index contributed by atoms with van der Waals surface area (Å²) in [6.07, 6.45) is 3.07. The predicted molar refractivity (Wildman–Crippen MR) is 122 cm³/mol. The van der Waals surface area contributed by atoms with Gasteiger partial charge in [-0.15, -0.1) is 0 Å². The van der Waals surface area contributed by atoms with E-state index in [0.29, 0.717) is 17.4 Å². The van der Waals surface area contributed by atoms with Crippen LogP contribution in [0.5, 0.6) is 11.5 Å². The van der Waals surface area contributed by atoms with E-state index in [1.807, 2.05) is 36.4 Å². The van der Waals surface area contributed by atoms with Gasteiger partial charge in [-0.25, -0.2) is 0 Å². The van der Waals surface area contributed by atoms with E-state index < -0.39 is 0 Å². The van der Waals surface area contributed by atoms with Crippen molar-refractivity contribution in [2.75, 3.05) is 13.7 Å². The molecule has 0 aliphatic carbocycles. The highest BCUT2D eigenvalue weighted by Crippen LogP contribution is 2.29. The van der Waals surface area contributed by atoms with Gasteiger partial charge in [-0.3, -0.25) is 0 Å². The van der Waals surface area contributed by atoms with Crippen LogP contribution in [0.1, 0.15) is 16.7 Å². The summed E-state index contributed by atoms with van der Waals surface area (Å²) in [5, 5.41) is 5.51. The zero-order valence-corrected chi connectivity index (χ0v) is 17.7. The summed E-state index contributed by atoms with van der Waals surface area (Å²) in [4.78, 5) is 3.33. The van der Waals surface area contributed by atoms with Gasteiger partial charge in [-0.2, -0.15) is 0 Å². The number of aromatic nitrogens is 1. The van der Waals surface area contributed by atoms with Crippen molar-refractivity contribution in [3.8, 4) is 11.5 Å². The molecule has 4 rings (SSSR count). The SMILES string of the molecule is COc1cc(CNCCc2c[nH]c3ccccc23)ccc1OCc1ccccc1Cl. The highest BCUT2D eigenvalue weighted by atomic mass is 35.5. The van der Waals surface area contributed by atoms with Crippen LogP contribution >= 0.6 is 11.6 Å². The Morgan fingerprint density at radius 1 is 0.933 bits per heavy atom. The zero-order chi connectivity index (χ0) is 20.8. The lowest BCUT2D eigenvalue weighted by Gasteiger charge is -2.13. The molecule has 154 valence electrons. The number of para-hydroxylation sites is 1. The second-order valence-corrected chi connectivity index (χ2v) is 7.56. The number of halogens is 1. The Kier molecular flexibility index (Phi) is 6.57. The molecular weight excluding hydrogens is 396 g/mol. The van der Waals surface area contributed by atoms with Gasteiger partial charge < -0.3 is 19.8 Å². The van der Waals surface area contributed by atoms with E-state index >= 15 is 0 Å². The minimum Gasteiger partial charge on any atom is -0.493 e. The number of fused-ring (bicyclic) bond motifs is 1. The molecule has 0 aliphatic rings. The average Bonchev–Trinajstić information content (AvgIpc) is 3.19. The van der Waals surface area contributed by atoms with Crippen molar-refractivity contribution >= 4 is 22.5 Å². The number of ether oxygens (including phenoxy) is 2. The molecule has 30 heavy (non-hydrogen) atoms. The van der Waals surface area contributed by atoms with Gasteiger partial charge in [0.25, 0.3) is 0 Å². The molecule has 0 saturated carbocycles. The molecule has 2 N–H and O–H groups in total. The summed E-state index contributed by atoms with van der Waals surface area (Å²) < 4.78 is 11.5. The highest BCUT2D eigenvalue weighted by Gasteiger charge is 2.08. The first-order chi connectivity index (χ1) is 14.7. The average molecular weight is 421 g/mol. The fourth-order valence-corrected chi connectivity index (χ4v) is 3.70. The van der Waals surface area contributed by atoms with E-state index in [4.69, 9.17) is 21.1 Å². The summed E-state index contributed by atoms with van der Waals surface area (Å²) >= 11 is 6.21. The normalized spacial score (nSPS) is 11.0. The van der Waals surface area contributed by atoms with Crippen molar-refractivity contribution in [2.45, 2.75) is 19.6 Å². The molecule has 4 aromatic rings. The number of hydrogen-bond acceptors (Lipinski definition) is 3. The first-order valence-electron chi connectivity index (χ1n) is 10.0. The second-order valence-electron chi connectivity index (χ2n) is 7.15. The third kappa shape index (κ3) is 4.78. The topological polar surface area (TPSA) is 46.3 Å². The Labute approximate surface area is 181 Å². The Morgan fingerprint density at radius 2 is 1.77 bits per heavy atom. The molecule has 0 spiro atoms. The van der Waals surface area contributed by atoms with Crippen LogP contribution in [0.2, 0.25) is 5.02 Å². The third-order valence-corrected chi connectivity index (χ3v) is 5.51. The van der Waals surface area contributed by atoms with Crippen LogP contribution in [0.25, 0.3) is 10.9 Å². The number of hydrogen-bond donors (Lipinski definition) is 2. The molecule has 0 aliphatic heterocycles. The maximum absolute atomic E-state index is 6.21. The number of benzene rings is 3. The van der Waals surface area contributed by atoms with Gasteiger partial charge in [0.2, 0.25) is 0 Å². The van der Waals surface area contributed by atoms with E-state index in [1.54, 1.807) is 7.11 Å². The van der Waals surface area contributed by atoms with Crippen molar-refractivity contribution in [2.24, 2.45) is 0 Å². The number of nitrogens with one attached hydrogen (secondary N) is 2. The quantitative estimate of drug-likeness (QED) is 0.339. The summed E-state index contributed by atoms with van der Waals surface area (Å²) in [5.41, 5.74) is 4.61. The van der Waals surface area contributed by atoms with Crippen molar-refractivity contribution < 1.29 is 9.47 Å². The lowest BCUT2D eigenvalue weighted by Crippen LogP contribution is -2.16. The van der Waals surface area contributed by atoms with Crippen LogP contribution in [0.4, 0.5) is 0 Å². The van der Waals surface area contributed by atoms with E-state index in [1.165, 1.54) is 16.5 Å². The Morgan fingerprint density at radius 3 is 2.63 bits per heavy atom. The summed E-state index contributed by atoms with van der Waals surface area (Å²) in [5.74, 6) is 1.43. The molecule has 0 unspecified atom stereocenters. The highest BCUT2D eigenvalue weighted by molar-refractivity contribution is 6.31. The van der Waals surface area contributed by atoms with Crippen LogP contribution in [-0.2, 0) is 19.6 Å². The predicted octanol–water partition coefficient (Wildman–Crippen LogP) is 5.74. The Hall–Kier alpha value is -2.95. The molecule has 0 atom stereocenters. The lowest BCUT2D eigenvalue weighted by atomic mass is 10.1. The van der Waals surface area contributed by atoms with E-state index in [2.05, 4.69) is 46.8 Å². The van der Waals surface area contributed by atoms with Crippen LogP contribution in [0, 0.1) is 0 Å². The molecule has 4 nitrogen and oxygen atoms in total. The smallest absolute Gasteiger partial charge is 0.161 e. The van der Waals surface area contributed by atoms with Crippen molar-refractivity contribution in [1.82, 2.24) is 10.3 Å². The van der Waals surface area contributed by atoms with Gasteiger partial charge in [0.15, 0.2) is 11.5 Å². The summed E-state index contributed by atoms with van der Waals surface area (Å²) in [7, 11) is 1.66. The minimum absolute atomic E-state index is 0.401. The first-order valence-corrected chi connectivity index (χ1v) is 10.4. The van der Waals surface area contributed by atoms with Gasteiger partial charge in [-0.05, 0) is 48.4 Å². The zero-order valence-electron chi connectivity index (χ0n) is 17.0. The van der Waals surface area contributed by atoms with Gasteiger partial charge in [0, 0.05) is 34.2 Å². The van der Waals surface area contributed by atoms with E-state index in [-0.39, 0.29) is 0 Å². The van der Waals surface area contributed by atoms with Crippen LogP contribution in [-0.4, -0.2) is 18.6 Å². The van der Waals surface area contributed by atoms with Crippen LogP contribution in [0.15, 0.2) is 72.9 Å². The molecule has 0 radical (unpaired) electrons. The number of rotatable bonds is 9. The van der Waals surface area contributed by atoms with E-state index in [0.717, 1.165) is 36.4 Å². The molecule has 0 saturated heterocycles. The monoisotopic (exact) mass is 420 g/mol. The Balaban J connectivity index is 1.32.